The molecule has 26 heavy (non-hydrogen) atoms. The Morgan fingerprint density at radius 3 is 2.65 bits per heavy atom. The molecule has 1 aliphatic heterocycles. The molecule has 2 aromatic rings. The minimum absolute atomic E-state index is 0. The van der Waals surface area contributed by atoms with E-state index in [0.717, 1.165) is 31.5 Å². The number of hydrogen-bond acceptors (Lipinski definition) is 4. The molecule has 2 amide bonds. The molecule has 0 spiro atoms. The molecule has 0 saturated carbocycles. The highest BCUT2D eigenvalue weighted by molar-refractivity contribution is 6.34. The third-order valence-electron chi connectivity index (χ3n) is 4.24. The number of nitrogens with one attached hydrogen (secondary N) is 4. The highest BCUT2D eigenvalue weighted by Gasteiger charge is 2.22. The summed E-state index contributed by atoms with van der Waals surface area (Å²) in [6.45, 7) is 3.56. The van der Waals surface area contributed by atoms with E-state index in [9.17, 15) is 9.59 Å². The van der Waals surface area contributed by atoms with Crippen LogP contribution < -0.4 is 16.0 Å². The Balaban J connectivity index is 0.00000243. The summed E-state index contributed by atoms with van der Waals surface area (Å²) < 4.78 is 0. The number of benzene rings is 1. The van der Waals surface area contributed by atoms with Crippen molar-refractivity contribution in [1.29, 1.82) is 0 Å². The van der Waals surface area contributed by atoms with Gasteiger partial charge in [0.15, 0.2) is 0 Å². The van der Waals surface area contributed by atoms with Gasteiger partial charge in [0.2, 0.25) is 0 Å². The maximum atomic E-state index is 12.5. The standard InChI is InChI=1S/C17H20ClN5O2.ClH/c1-10-3-2-4-12(18)14(10)16(24)22-13-9-20-23-15(13)17(25)21-11-5-7-19-8-6-11;/h2-4,9,11,19H,5-8H2,1H3,(H,20,23)(H,21,25)(H,22,24);1H. The maximum absolute atomic E-state index is 12.5. The molecule has 1 aliphatic rings. The largest absolute Gasteiger partial charge is 0.348 e. The number of nitrogens with zero attached hydrogens (tertiary/aromatic N) is 1. The van der Waals surface area contributed by atoms with Crippen molar-refractivity contribution >= 4 is 41.5 Å². The molecule has 0 unspecified atom stereocenters. The number of rotatable bonds is 4. The number of aryl methyl sites for hydroxylation is 1. The molecule has 2 heterocycles. The quantitative estimate of drug-likeness (QED) is 0.636. The van der Waals surface area contributed by atoms with E-state index in [4.69, 9.17) is 11.6 Å². The van der Waals surface area contributed by atoms with E-state index in [-0.39, 0.29) is 36.0 Å². The van der Waals surface area contributed by atoms with Crippen LogP contribution in [-0.4, -0.2) is 41.1 Å². The molecule has 140 valence electrons. The van der Waals surface area contributed by atoms with Crippen molar-refractivity contribution < 1.29 is 9.59 Å². The van der Waals surface area contributed by atoms with E-state index in [1.54, 1.807) is 25.1 Å². The first-order chi connectivity index (χ1) is 12.1. The molecule has 1 saturated heterocycles. The highest BCUT2D eigenvalue weighted by atomic mass is 35.5. The molecular formula is C17H21Cl2N5O2. The average Bonchev–Trinajstić information content (AvgIpc) is 3.04. The molecule has 1 aromatic carbocycles. The monoisotopic (exact) mass is 397 g/mol. The zero-order chi connectivity index (χ0) is 17.8. The van der Waals surface area contributed by atoms with Crippen molar-refractivity contribution in [1.82, 2.24) is 20.8 Å². The van der Waals surface area contributed by atoms with Crippen LogP contribution in [0.15, 0.2) is 24.4 Å². The Kier molecular flexibility index (Phi) is 7.02. The Bertz CT molecular complexity index is 767. The Hall–Kier alpha value is -2.09. The first-order valence-electron chi connectivity index (χ1n) is 8.17. The van der Waals surface area contributed by atoms with Crippen LogP contribution in [0.5, 0.6) is 0 Å². The normalized spacial score (nSPS) is 14.4. The molecular weight excluding hydrogens is 377 g/mol. The minimum Gasteiger partial charge on any atom is -0.348 e. The van der Waals surface area contributed by atoms with Gasteiger partial charge in [-0.25, -0.2) is 0 Å². The molecule has 0 radical (unpaired) electrons. The van der Waals surface area contributed by atoms with Crippen molar-refractivity contribution in [2.75, 3.05) is 18.4 Å². The molecule has 7 nitrogen and oxygen atoms in total. The van der Waals surface area contributed by atoms with Crippen LogP contribution in [0, 0.1) is 6.92 Å². The summed E-state index contributed by atoms with van der Waals surface area (Å²) in [7, 11) is 0. The third-order valence-corrected chi connectivity index (χ3v) is 4.55. The van der Waals surface area contributed by atoms with E-state index in [0.29, 0.717) is 16.3 Å². The van der Waals surface area contributed by atoms with Crippen molar-refractivity contribution in [3.8, 4) is 0 Å². The number of piperidine rings is 1. The topological polar surface area (TPSA) is 98.9 Å². The predicted octanol–water partition coefficient (Wildman–Crippen LogP) is 2.53. The molecule has 1 fully saturated rings. The molecule has 4 N–H and O–H groups in total. The number of amides is 2. The van der Waals surface area contributed by atoms with Crippen LogP contribution >= 0.6 is 24.0 Å². The fourth-order valence-electron chi connectivity index (χ4n) is 2.88. The Morgan fingerprint density at radius 1 is 1.23 bits per heavy atom. The Labute approximate surface area is 162 Å². The lowest BCUT2D eigenvalue weighted by Gasteiger charge is -2.23. The first-order valence-corrected chi connectivity index (χ1v) is 8.55. The van der Waals surface area contributed by atoms with Gasteiger partial charge in [-0.15, -0.1) is 12.4 Å². The number of hydrogen-bond donors (Lipinski definition) is 4. The van der Waals surface area contributed by atoms with Crippen molar-refractivity contribution in [3.63, 3.8) is 0 Å². The van der Waals surface area contributed by atoms with Gasteiger partial charge in [0.05, 0.1) is 22.5 Å². The average molecular weight is 398 g/mol. The number of halogens is 2. The zero-order valence-electron chi connectivity index (χ0n) is 14.3. The van der Waals surface area contributed by atoms with E-state index in [1.807, 2.05) is 0 Å². The van der Waals surface area contributed by atoms with Gasteiger partial charge in [-0.05, 0) is 44.5 Å². The SMILES string of the molecule is Cc1cccc(Cl)c1C(=O)Nc1cn[nH]c1C(=O)NC1CCNCC1.Cl. The van der Waals surface area contributed by atoms with Gasteiger partial charge in [0, 0.05) is 6.04 Å². The summed E-state index contributed by atoms with van der Waals surface area (Å²) in [6, 6.07) is 5.36. The smallest absolute Gasteiger partial charge is 0.271 e. The number of aromatic amines is 1. The van der Waals surface area contributed by atoms with E-state index >= 15 is 0 Å². The molecule has 0 atom stereocenters. The third kappa shape index (κ3) is 4.55. The highest BCUT2D eigenvalue weighted by Crippen LogP contribution is 2.22. The van der Waals surface area contributed by atoms with Gasteiger partial charge in [0.25, 0.3) is 11.8 Å². The second-order valence-electron chi connectivity index (χ2n) is 6.04. The summed E-state index contributed by atoms with van der Waals surface area (Å²) in [5.74, 6) is -0.656. The fraction of sp³-hybridized carbons (Fsp3) is 0.353. The van der Waals surface area contributed by atoms with Gasteiger partial charge in [-0.1, -0.05) is 23.7 Å². The molecule has 0 aliphatic carbocycles. The summed E-state index contributed by atoms with van der Waals surface area (Å²) >= 11 is 6.13. The van der Waals surface area contributed by atoms with Crippen LogP contribution in [-0.2, 0) is 0 Å². The zero-order valence-corrected chi connectivity index (χ0v) is 15.8. The second-order valence-corrected chi connectivity index (χ2v) is 6.45. The fourth-order valence-corrected chi connectivity index (χ4v) is 3.19. The van der Waals surface area contributed by atoms with Crippen LogP contribution in [0.25, 0.3) is 0 Å². The summed E-state index contributed by atoms with van der Waals surface area (Å²) in [4.78, 5) is 25.0. The van der Waals surface area contributed by atoms with Crippen LogP contribution in [0.1, 0.15) is 39.3 Å². The summed E-state index contributed by atoms with van der Waals surface area (Å²) in [5, 5.41) is 15.8. The number of anilines is 1. The lowest BCUT2D eigenvalue weighted by molar-refractivity contribution is 0.0925. The number of carbonyl (C=O) groups is 2. The summed E-state index contributed by atoms with van der Waals surface area (Å²) in [5.41, 5.74) is 1.71. The van der Waals surface area contributed by atoms with E-state index < -0.39 is 0 Å². The van der Waals surface area contributed by atoms with Crippen LogP contribution in [0.4, 0.5) is 5.69 Å². The van der Waals surface area contributed by atoms with Gasteiger partial charge >= 0.3 is 0 Å². The Morgan fingerprint density at radius 2 is 1.96 bits per heavy atom. The van der Waals surface area contributed by atoms with Crippen molar-refractivity contribution in [2.45, 2.75) is 25.8 Å². The van der Waals surface area contributed by atoms with E-state index in [2.05, 4.69) is 26.1 Å². The van der Waals surface area contributed by atoms with Gasteiger partial charge in [-0.2, -0.15) is 5.10 Å². The van der Waals surface area contributed by atoms with Crippen molar-refractivity contribution in [2.24, 2.45) is 0 Å². The number of H-pyrrole nitrogens is 1. The second kappa shape index (κ2) is 9.02. The van der Waals surface area contributed by atoms with Crippen molar-refractivity contribution in [3.05, 3.63) is 46.2 Å². The molecule has 3 rings (SSSR count). The first kappa shape index (κ1) is 20.2. The minimum atomic E-state index is -0.375. The van der Waals surface area contributed by atoms with Crippen LogP contribution in [0.2, 0.25) is 5.02 Å². The molecule has 9 heteroatoms. The predicted molar refractivity (Wildman–Crippen MR) is 103 cm³/mol. The van der Waals surface area contributed by atoms with Gasteiger partial charge in [0.1, 0.15) is 5.69 Å². The lowest BCUT2D eigenvalue weighted by Crippen LogP contribution is -2.43. The van der Waals surface area contributed by atoms with E-state index in [1.165, 1.54) is 6.20 Å². The van der Waals surface area contributed by atoms with Crippen LogP contribution in [0.3, 0.4) is 0 Å². The number of carbonyl (C=O) groups excluding carboxylic acids is 2. The maximum Gasteiger partial charge on any atom is 0.271 e. The van der Waals surface area contributed by atoms with Gasteiger partial charge in [-0.3, -0.25) is 14.7 Å². The molecule has 1 aromatic heterocycles. The summed E-state index contributed by atoms with van der Waals surface area (Å²) in [6.07, 6.45) is 3.17. The number of aromatic nitrogens is 2. The van der Waals surface area contributed by atoms with Gasteiger partial charge < -0.3 is 16.0 Å². The lowest BCUT2D eigenvalue weighted by atomic mass is 10.1. The molecule has 0 bridgehead atoms.